The van der Waals surface area contributed by atoms with Gasteiger partial charge in [0, 0.05) is 12.1 Å². The number of carbonyl (C=O) groups excluding carboxylic acids is 3. The number of hydrogen-bond donors (Lipinski definition) is 3. The van der Waals surface area contributed by atoms with E-state index in [0.29, 0.717) is 18.5 Å². The SMILES string of the molecule is CC(O)C(=O)n1nc(C(N)=O)c2c1C(=O)NCC2. The average molecular weight is 252 g/mol. The number of fused-ring (bicyclic) bond motifs is 1. The fraction of sp³-hybridized carbons (Fsp3) is 0.400. The molecule has 0 aromatic carbocycles. The first kappa shape index (κ1) is 12.2. The summed E-state index contributed by atoms with van der Waals surface area (Å²) >= 11 is 0. The van der Waals surface area contributed by atoms with E-state index in [1.165, 1.54) is 6.92 Å². The molecule has 1 unspecified atom stereocenters. The summed E-state index contributed by atoms with van der Waals surface area (Å²) in [7, 11) is 0. The standard InChI is InChI=1S/C10H12N4O4/c1-4(15)10(18)14-7-5(2-3-12-9(7)17)6(13-14)8(11)16/h4,15H,2-3H2,1H3,(H2,11,16)(H,12,17). The molecular formula is C10H12N4O4. The van der Waals surface area contributed by atoms with Gasteiger partial charge in [-0.2, -0.15) is 9.78 Å². The lowest BCUT2D eigenvalue weighted by molar-refractivity contribution is 0.0656. The first-order valence-corrected chi connectivity index (χ1v) is 5.35. The van der Waals surface area contributed by atoms with Crippen molar-refractivity contribution in [2.75, 3.05) is 6.54 Å². The maximum Gasteiger partial charge on any atom is 0.276 e. The van der Waals surface area contributed by atoms with Crippen LogP contribution in [0, 0.1) is 0 Å². The maximum atomic E-state index is 11.7. The summed E-state index contributed by atoms with van der Waals surface area (Å²) in [6, 6.07) is 0. The van der Waals surface area contributed by atoms with Crippen molar-refractivity contribution in [3.05, 3.63) is 17.0 Å². The Morgan fingerprint density at radius 1 is 1.56 bits per heavy atom. The topological polar surface area (TPSA) is 127 Å². The first-order chi connectivity index (χ1) is 8.43. The molecule has 0 radical (unpaired) electrons. The number of amides is 2. The van der Waals surface area contributed by atoms with Gasteiger partial charge in [0.25, 0.3) is 17.7 Å². The molecule has 1 aliphatic heterocycles. The van der Waals surface area contributed by atoms with Gasteiger partial charge in [0.05, 0.1) is 0 Å². The molecule has 1 aromatic heterocycles. The maximum absolute atomic E-state index is 11.7. The van der Waals surface area contributed by atoms with Crippen molar-refractivity contribution in [1.82, 2.24) is 15.1 Å². The van der Waals surface area contributed by atoms with Crippen molar-refractivity contribution in [2.24, 2.45) is 5.73 Å². The normalized spacial score (nSPS) is 15.8. The van der Waals surface area contributed by atoms with E-state index in [9.17, 15) is 19.5 Å². The van der Waals surface area contributed by atoms with E-state index in [4.69, 9.17) is 5.73 Å². The fourth-order valence-electron chi connectivity index (χ4n) is 1.84. The summed E-state index contributed by atoms with van der Waals surface area (Å²) in [5.74, 6) is -2.10. The summed E-state index contributed by atoms with van der Waals surface area (Å²) in [4.78, 5) is 34.7. The van der Waals surface area contributed by atoms with Gasteiger partial charge < -0.3 is 16.2 Å². The van der Waals surface area contributed by atoms with Gasteiger partial charge in [0.2, 0.25) is 0 Å². The Hall–Kier alpha value is -2.22. The molecule has 8 heteroatoms. The van der Waals surface area contributed by atoms with Crippen molar-refractivity contribution in [2.45, 2.75) is 19.4 Å². The monoisotopic (exact) mass is 252 g/mol. The number of nitrogens with two attached hydrogens (primary N) is 1. The minimum Gasteiger partial charge on any atom is -0.383 e. The van der Waals surface area contributed by atoms with E-state index >= 15 is 0 Å². The van der Waals surface area contributed by atoms with Gasteiger partial charge in [0.15, 0.2) is 5.69 Å². The van der Waals surface area contributed by atoms with Crippen LogP contribution < -0.4 is 11.1 Å². The predicted molar refractivity (Wildman–Crippen MR) is 59.1 cm³/mol. The number of aliphatic hydroxyl groups excluding tert-OH is 1. The van der Waals surface area contributed by atoms with Gasteiger partial charge in [-0.1, -0.05) is 0 Å². The molecule has 0 bridgehead atoms. The fourth-order valence-corrected chi connectivity index (χ4v) is 1.84. The second-order valence-corrected chi connectivity index (χ2v) is 3.97. The Bertz CT molecular complexity index is 546. The lowest BCUT2D eigenvalue weighted by Gasteiger charge is -2.14. The van der Waals surface area contributed by atoms with E-state index in [0.717, 1.165) is 4.68 Å². The molecule has 4 N–H and O–H groups in total. The van der Waals surface area contributed by atoms with Crippen LogP contribution in [-0.2, 0) is 6.42 Å². The zero-order valence-electron chi connectivity index (χ0n) is 9.64. The van der Waals surface area contributed by atoms with Crippen LogP contribution in [0.5, 0.6) is 0 Å². The molecule has 0 spiro atoms. The second kappa shape index (κ2) is 4.22. The Labute approximate surface area is 102 Å². The van der Waals surface area contributed by atoms with Crippen molar-refractivity contribution in [3.8, 4) is 0 Å². The minimum atomic E-state index is -1.33. The number of nitrogens with zero attached hydrogens (tertiary/aromatic N) is 2. The van der Waals surface area contributed by atoms with Gasteiger partial charge in [-0.15, -0.1) is 0 Å². The Kier molecular flexibility index (Phi) is 2.87. The molecule has 0 saturated heterocycles. The highest BCUT2D eigenvalue weighted by Gasteiger charge is 2.32. The summed E-state index contributed by atoms with van der Waals surface area (Å²) in [6.07, 6.45) is -0.962. The van der Waals surface area contributed by atoms with Crippen molar-refractivity contribution < 1.29 is 19.5 Å². The Morgan fingerprint density at radius 3 is 2.78 bits per heavy atom. The highest BCUT2D eigenvalue weighted by atomic mass is 16.3. The summed E-state index contributed by atoms with van der Waals surface area (Å²) < 4.78 is 0.745. The molecule has 2 heterocycles. The molecular weight excluding hydrogens is 240 g/mol. The van der Waals surface area contributed by atoms with Gasteiger partial charge in [0.1, 0.15) is 11.8 Å². The Morgan fingerprint density at radius 2 is 2.22 bits per heavy atom. The van der Waals surface area contributed by atoms with Crippen LogP contribution in [0.15, 0.2) is 0 Å². The van der Waals surface area contributed by atoms with Crippen molar-refractivity contribution >= 4 is 17.7 Å². The van der Waals surface area contributed by atoms with Crippen LogP contribution in [0.1, 0.15) is 38.3 Å². The second-order valence-electron chi connectivity index (χ2n) is 3.97. The van der Waals surface area contributed by atoms with E-state index in [2.05, 4.69) is 10.4 Å². The number of rotatable bonds is 2. The molecule has 96 valence electrons. The zero-order valence-corrected chi connectivity index (χ0v) is 9.64. The van der Waals surface area contributed by atoms with Gasteiger partial charge >= 0.3 is 0 Å². The molecule has 2 amide bonds. The van der Waals surface area contributed by atoms with Crippen LogP contribution >= 0.6 is 0 Å². The number of carbonyl (C=O) groups is 3. The highest BCUT2D eigenvalue weighted by molar-refractivity contribution is 6.03. The number of hydrogen-bond acceptors (Lipinski definition) is 5. The number of primary amides is 1. The third-order valence-electron chi connectivity index (χ3n) is 2.66. The van der Waals surface area contributed by atoms with Crippen LogP contribution in [0.25, 0.3) is 0 Å². The third-order valence-corrected chi connectivity index (χ3v) is 2.66. The van der Waals surface area contributed by atoms with Gasteiger partial charge in [-0.25, -0.2) is 0 Å². The van der Waals surface area contributed by atoms with E-state index < -0.39 is 23.8 Å². The largest absolute Gasteiger partial charge is 0.383 e. The molecule has 1 aliphatic rings. The first-order valence-electron chi connectivity index (χ1n) is 5.35. The Balaban J connectivity index is 2.64. The quantitative estimate of drug-likeness (QED) is 0.577. The van der Waals surface area contributed by atoms with Gasteiger partial charge in [-0.3, -0.25) is 14.4 Å². The van der Waals surface area contributed by atoms with E-state index in [1.807, 2.05) is 0 Å². The van der Waals surface area contributed by atoms with Crippen LogP contribution in [0.4, 0.5) is 0 Å². The number of nitrogens with one attached hydrogen (secondary N) is 1. The van der Waals surface area contributed by atoms with Gasteiger partial charge in [-0.05, 0) is 13.3 Å². The summed E-state index contributed by atoms with van der Waals surface area (Å²) in [6.45, 7) is 1.60. The lowest BCUT2D eigenvalue weighted by Crippen LogP contribution is -2.36. The lowest BCUT2D eigenvalue weighted by atomic mass is 10.0. The molecule has 2 rings (SSSR count). The summed E-state index contributed by atoms with van der Waals surface area (Å²) in [5.41, 5.74) is 5.37. The summed E-state index contributed by atoms with van der Waals surface area (Å²) in [5, 5.41) is 15.5. The van der Waals surface area contributed by atoms with Crippen LogP contribution in [-0.4, -0.2) is 45.3 Å². The van der Waals surface area contributed by atoms with E-state index in [-0.39, 0.29) is 11.4 Å². The minimum absolute atomic E-state index is 0.0269. The third kappa shape index (κ3) is 1.76. The molecule has 0 aliphatic carbocycles. The predicted octanol–water partition coefficient (Wildman–Crippen LogP) is -1.71. The molecule has 1 atom stereocenters. The van der Waals surface area contributed by atoms with Crippen LogP contribution in [0.2, 0.25) is 0 Å². The molecule has 8 nitrogen and oxygen atoms in total. The molecule has 0 fully saturated rings. The number of aromatic nitrogens is 2. The number of aliphatic hydroxyl groups is 1. The van der Waals surface area contributed by atoms with Crippen molar-refractivity contribution in [1.29, 1.82) is 0 Å². The zero-order chi connectivity index (χ0) is 13.4. The highest BCUT2D eigenvalue weighted by Crippen LogP contribution is 2.18. The van der Waals surface area contributed by atoms with E-state index in [1.54, 1.807) is 0 Å². The smallest absolute Gasteiger partial charge is 0.276 e. The molecule has 1 aromatic rings. The van der Waals surface area contributed by atoms with Crippen LogP contribution in [0.3, 0.4) is 0 Å². The molecule has 18 heavy (non-hydrogen) atoms. The molecule has 0 saturated carbocycles. The van der Waals surface area contributed by atoms with Crippen molar-refractivity contribution in [3.63, 3.8) is 0 Å². The average Bonchev–Trinajstić information content (AvgIpc) is 2.68.